The van der Waals surface area contributed by atoms with E-state index in [0.717, 1.165) is 30.5 Å². The number of nitrogens with one attached hydrogen (secondary N) is 1. The molecular weight excluding hydrogens is 214 g/mol. The van der Waals surface area contributed by atoms with E-state index < -0.39 is 0 Å². The smallest absolute Gasteiger partial charge is 0.336 e. The van der Waals surface area contributed by atoms with Crippen LogP contribution in [0.1, 0.15) is 17.5 Å². The van der Waals surface area contributed by atoms with Gasteiger partial charge in [0, 0.05) is 18.0 Å². The number of hydrogen-bond acceptors (Lipinski definition) is 3. The topological polar surface area (TPSA) is 42.2 Å². The molecule has 3 nitrogen and oxygen atoms in total. The molecule has 0 aliphatic carbocycles. The van der Waals surface area contributed by atoms with Gasteiger partial charge in [-0.1, -0.05) is 12.2 Å². The van der Waals surface area contributed by atoms with Crippen LogP contribution in [0.25, 0.3) is 17.0 Å². The van der Waals surface area contributed by atoms with Gasteiger partial charge in [-0.25, -0.2) is 4.79 Å². The molecule has 0 unspecified atom stereocenters. The molecule has 1 aromatic carbocycles. The SMILES string of the molecule is O=c1ccc2cc3c(cc2o1)/C=C\CCNC3. The first kappa shape index (κ1) is 10.3. The third-order valence-corrected chi connectivity index (χ3v) is 2.98. The van der Waals surface area contributed by atoms with Crippen molar-refractivity contribution in [2.45, 2.75) is 13.0 Å². The van der Waals surface area contributed by atoms with E-state index in [0.29, 0.717) is 5.58 Å². The minimum absolute atomic E-state index is 0.301. The number of benzene rings is 1. The third kappa shape index (κ3) is 2.01. The van der Waals surface area contributed by atoms with Crippen LogP contribution in [0.2, 0.25) is 0 Å². The summed E-state index contributed by atoms with van der Waals surface area (Å²) in [4.78, 5) is 11.2. The highest BCUT2D eigenvalue weighted by atomic mass is 16.4. The molecule has 2 heterocycles. The van der Waals surface area contributed by atoms with Crippen molar-refractivity contribution in [1.29, 1.82) is 0 Å². The second-order valence-corrected chi connectivity index (χ2v) is 4.21. The maximum absolute atomic E-state index is 11.2. The predicted octanol–water partition coefficient (Wildman–Crippen LogP) is 2.30. The van der Waals surface area contributed by atoms with Gasteiger partial charge >= 0.3 is 5.63 Å². The zero-order valence-corrected chi connectivity index (χ0v) is 9.40. The Morgan fingerprint density at radius 1 is 1.24 bits per heavy atom. The largest absolute Gasteiger partial charge is 0.423 e. The van der Waals surface area contributed by atoms with Crippen LogP contribution in [0.15, 0.2) is 39.6 Å². The van der Waals surface area contributed by atoms with E-state index in [-0.39, 0.29) is 5.63 Å². The van der Waals surface area contributed by atoms with Crippen molar-refractivity contribution in [2.75, 3.05) is 6.54 Å². The van der Waals surface area contributed by atoms with Crippen LogP contribution in [0.3, 0.4) is 0 Å². The lowest BCUT2D eigenvalue weighted by atomic mass is 10.0. The van der Waals surface area contributed by atoms with E-state index in [9.17, 15) is 4.79 Å². The molecule has 3 rings (SSSR count). The molecule has 0 amide bonds. The van der Waals surface area contributed by atoms with Crippen LogP contribution >= 0.6 is 0 Å². The average Bonchev–Trinajstić information content (AvgIpc) is 2.29. The second kappa shape index (κ2) is 4.18. The predicted molar refractivity (Wildman–Crippen MR) is 67.8 cm³/mol. The number of rotatable bonds is 0. The lowest BCUT2D eigenvalue weighted by molar-refractivity contribution is 0.560. The molecule has 0 saturated heterocycles. The van der Waals surface area contributed by atoms with Crippen LogP contribution in [0.4, 0.5) is 0 Å². The summed E-state index contributed by atoms with van der Waals surface area (Å²) in [6.45, 7) is 1.85. The van der Waals surface area contributed by atoms with Crippen molar-refractivity contribution >= 4 is 17.0 Å². The quantitative estimate of drug-likeness (QED) is 0.702. The first-order valence-electron chi connectivity index (χ1n) is 5.77. The molecule has 0 bridgehead atoms. The molecule has 17 heavy (non-hydrogen) atoms. The summed E-state index contributed by atoms with van der Waals surface area (Å²) in [7, 11) is 0. The van der Waals surface area contributed by atoms with E-state index in [1.165, 1.54) is 11.6 Å². The highest BCUT2D eigenvalue weighted by Gasteiger charge is 2.06. The molecule has 0 spiro atoms. The van der Waals surface area contributed by atoms with Crippen LogP contribution in [-0.2, 0) is 6.54 Å². The van der Waals surface area contributed by atoms with Crippen molar-refractivity contribution < 1.29 is 4.42 Å². The van der Waals surface area contributed by atoms with E-state index in [4.69, 9.17) is 4.42 Å². The summed E-state index contributed by atoms with van der Waals surface area (Å²) < 4.78 is 5.19. The van der Waals surface area contributed by atoms with Gasteiger partial charge in [-0.15, -0.1) is 0 Å². The highest BCUT2D eigenvalue weighted by Crippen LogP contribution is 2.21. The Morgan fingerprint density at radius 3 is 3.12 bits per heavy atom. The van der Waals surface area contributed by atoms with Gasteiger partial charge < -0.3 is 9.73 Å². The summed E-state index contributed by atoms with van der Waals surface area (Å²) in [6.07, 6.45) is 5.26. The van der Waals surface area contributed by atoms with Gasteiger partial charge in [0.15, 0.2) is 0 Å². The fourth-order valence-electron chi connectivity index (χ4n) is 2.11. The summed E-state index contributed by atoms with van der Waals surface area (Å²) in [5.41, 5.74) is 2.72. The molecule has 1 aromatic heterocycles. The fourth-order valence-corrected chi connectivity index (χ4v) is 2.11. The van der Waals surface area contributed by atoms with E-state index in [1.54, 1.807) is 0 Å². The Morgan fingerprint density at radius 2 is 2.18 bits per heavy atom. The summed E-state index contributed by atoms with van der Waals surface area (Å²) in [5.74, 6) is 0. The normalized spacial score (nSPS) is 17.2. The molecule has 1 N–H and O–H groups in total. The molecule has 0 radical (unpaired) electrons. The number of fused-ring (bicyclic) bond motifs is 2. The molecule has 1 aliphatic rings. The first-order chi connectivity index (χ1) is 8.33. The molecule has 86 valence electrons. The van der Waals surface area contributed by atoms with Crippen LogP contribution in [-0.4, -0.2) is 6.54 Å². The van der Waals surface area contributed by atoms with Gasteiger partial charge in [0.05, 0.1) is 0 Å². The van der Waals surface area contributed by atoms with Gasteiger partial charge in [0.25, 0.3) is 0 Å². The number of hydrogen-bond donors (Lipinski definition) is 1. The zero-order valence-electron chi connectivity index (χ0n) is 9.40. The van der Waals surface area contributed by atoms with Crippen LogP contribution < -0.4 is 10.9 Å². The summed E-state index contributed by atoms with van der Waals surface area (Å²) in [5, 5.41) is 4.35. The Labute approximate surface area is 98.8 Å². The molecule has 0 atom stereocenters. The van der Waals surface area contributed by atoms with Crippen molar-refractivity contribution in [1.82, 2.24) is 5.32 Å². The average molecular weight is 227 g/mol. The Balaban J connectivity index is 2.24. The molecular formula is C14H13NO2. The highest BCUT2D eigenvalue weighted by molar-refractivity contribution is 5.81. The maximum atomic E-state index is 11.2. The lowest BCUT2D eigenvalue weighted by Gasteiger charge is -2.11. The minimum atomic E-state index is -0.301. The Hall–Kier alpha value is -1.87. The first-order valence-corrected chi connectivity index (χ1v) is 5.77. The van der Waals surface area contributed by atoms with Gasteiger partial charge in [0.1, 0.15) is 5.58 Å². The van der Waals surface area contributed by atoms with E-state index in [1.807, 2.05) is 12.1 Å². The molecule has 2 aromatic rings. The van der Waals surface area contributed by atoms with E-state index in [2.05, 4.69) is 23.5 Å². The second-order valence-electron chi connectivity index (χ2n) is 4.21. The van der Waals surface area contributed by atoms with E-state index >= 15 is 0 Å². The minimum Gasteiger partial charge on any atom is -0.423 e. The van der Waals surface area contributed by atoms with Crippen molar-refractivity contribution in [3.63, 3.8) is 0 Å². The Kier molecular flexibility index (Phi) is 2.53. The van der Waals surface area contributed by atoms with Gasteiger partial charge in [-0.3, -0.25) is 0 Å². The van der Waals surface area contributed by atoms with Crippen molar-refractivity contribution in [2.24, 2.45) is 0 Å². The summed E-state index contributed by atoms with van der Waals surface area (Å²) >= 11 is 0. The fraction of sp³-hybridized carbons (Fsp3) is 0.214. The summed E-state index contributed by atoms with van der Waals surface area (Å²) in [6, 6.07) is 7.29. The van der Waals surface area contributed by atoms with Crippen molar-refractivity contribution in [3.05, 3.63) is 51.9 Å². The van der Waals surface area contributed by atoms with Gasteiger partial charge in [-0.05, 0) is 42.3 Å². The molecule has 1 aliphatic heterocycles. The molecule has 0 fully saturated rings. The zero-order chi connectivity index (χ0) is 11.7. The molecule has 0 saturated carbocycles. The van der Waals surface area contributed by atoms with Crippen LogP contribution in [0.5, 0.6) is 0 Å². The van der Waals surface area contributed by atoms with Crippen molar-refractivity contribution in [3.8, 4) is 0 Å². The van der Waals surface area contributed by atoms with Crippen LogP contribution in [0, 0.1) is 0 Å². The Bertz CT molecular complexity index is 640. The lowest BCUT2D eigenvalue weighted by Crippen LogP contribution is -2.16. The monoisotopic (exact) mass is 227 g/mol. The van der Waals surface area contributed by atoms with Gasteiger partial charge in [-0.2, -0.15) is 0 Å². The third-order valence-electron chi connectivity index (χ3n) is 2.98. The molecule has 3 heteroatoms. The standard InChI is InChI=1S/C14H13NO2/c16-14-5-4-11-7-12-9-15-6-2-1-3-10(12)8-13(11)17-14/h1,3-5,7-8,15H,2,6,9H2/b3-1-. The maximum Gasteiger partial charge on any atom is 0.336 e. The van der Waals surface area contributed by atoms with Gasteiger partial charge in [0.2, 0.25) is 0 Å².